The number of halogens is 4. The first-order valence-corrected chi connectivity index (χ1v) is 6.64. The van der Waals surface area contributed by atoms with E-state index in [1.807, 2.05) is 22.6 Å². The molecule has 0 atom stereocenters. The number of aromatic nitrogens is 1. The Morgan fingerprint density at radius 3 is 2.60 bits per heavy atom. The third-order valence-electron chi connectivity index (χ3n) is 2.26. The van der Waals surface area contributed by atoms with E-state index in [9.17, 15) is 18.0 Å². The van der Waals surface area contributed by atoms with Gasteiger partial charge in [0.1, 0.15) is 3.70 Å². The van der Waals surface area contributed by atoms with Crippen LogP contribution in [0.15, 0.2) is 6.20 Å². The zero-order chi connectivity index (χ0) is 15.3. The average molecular weight is 404 g/mol. The first kappa shape index (κ1) is 17.0. The molecule has 0 aliphatic heterocycles. The highest BCUT2D eigenvalue weighted by atomic mass is 127. The van der Waals surface area contributed by atoms with E-state index in [0.29, 0.717) is 3.70 Å². The Morgan fingerprint density at radius 1 is 1.45 bits per heavy atom. The van der Waals surface area contributed by atoms with Gasteiger partial charge in [-0.1, -0.05) is 0 Å². The fourth-order valence-electron chi connectivity index (χ4n) is 1.52. The minimum atomic E-state index is -4.85. The molecule has 5 nitrogen and oxygen atoms in total. The molecular weight excluding hydrogens is 392 g/mol. The van der Waals surface area contributed by atoms with Gasteiger partial charge in [0.25, 0.3) is 0 Å². The van der Waals surface area contributed by atoms with E-state index < -0.39 is 18.1 Å². The van der Waals surface area contributed by atoms with Crippen molar-refractivity contribution in [1.82, 2.24) is 4.98 Å². The van der Waals surface area contributed by atoms with Crippen LogP contribution in [0.4, 0.5) is 13.2 Å². The zero-order valence-electron chi connectivity index (χ0n) is 10.5. The summed E-state index contributed by atoms with van der Waals surface area (Å²) in [6.45, 7) is 1.60. The van der Waals surface area contributed by atoms with Crippen LogP contribution in [0.5, 0.6) is 5.75 Å². The topological polar surface area (TPSA) is 74.4 Å². The lowest BCUT2D eigenvalue weighted by molar-refractivity contribution is -0.275. The van der Waals surface area contributed by atoms with Crippen LogP contribution in [0, 0.1) is 3.70 Å². The van der Waals surface area contributed by atoms with Crippen molar-refractivity contribution in [1.29, 1.82) is 0 Å². The largest absolute Gasteiger partial charge is 0.573 e. The molecule has 1 heterocycles. The normalized spacial score (nSPS) is 11.3. The molecule has 0 bridgehead atoms. The number of carbonyl (C=O) groups excluding carboxylic acids is 1. The maximum Gasteiger partial charge on any atom is 0.573 e. The zero-order valence-corrected chi connectivity index (χ0v) is 12.6. The van der Waals surface area contributed by atoms with E-state index in [4.69, 9.17) is 10.5 Å². The Balaban J connectivity index is 3.14. The van der Waals surface area contributed by atoms with Gasteiger partial charge in [-0.25, -0.2) is 4.98 Å². The van der Waals surface area contributed by atoms with E-state index in [0.717, 1.165) is 6.20 Å². The van der Waals surface area contributed by atoms with Gasteiger partial charge in [0.2, 0.25) is 0 Å². The molecule has 2 N–H and O–H groups in total. The molecule has 20 heavy (non-hydrogen) atoms. The van der Waals surface area contributed by atoms with E-state index in [1.54, 1.807) is 6.92 Å². The number of pyridine rings is 1. The highest BCUT2D eigenvalue weighted by Gasteiger charge is 2.33. The van der Waals surface area contributed by atoms with Crippen molar-refractivity contribution in [3.8, 4) is 5.75 Å². The fraction of sp³-hybridized carbons (Fsp3) is 0.455. The van der Waals surface area contributed by atoms with Gasteiger partial charge in [-0.05, 0) is 29.5 Å². The highest BCUT2D eigenvalue weighted by Crippen LogP contribution is 2.30. The minimum absolute atomic E-state index is 0.0924. The van der Waals surface area contributed by atoms with Crippen LogP contribution in [-0.2, 0) is 22.5 Å². The summed E-state index contributed by atoms with van der Waals surface area (Å²) in [5, 5.41) is 0. The molecule has 9 heteroatoms. The van der Waals surface area contributed by atoms with Gasteiger partial charge < -0.3 is 15.2 Å². The number of ether oxygens (including phenoxy) is 2. The first-order chi connectivity index (χ1) is 9.28. The van der Waals surface area contributed by atoms with Gasteiger partial charge >= 0.3 is 12.3 Å². The third kappa shape index (κ3) is 4.78. The van der Waals surface area contributed by atoms with E-state index in [2.05, 4.69) is 9.72 Å². The number of nitrogens with two attached hydrogens (primary N) is 1. The minimum Gasteiger partial charge on any atom is -0.466 e. The Hall–Kier alpha value is -1.10. The van der Waals surface area contributed by atoms with Gasteiger partial charge in [-0.15, -0.1) is 13.2 Å². The summed E-state index contributed by atoms with van der Waals surface area (Å²) in [5.41, 5.74) is 5.84. The highest BCUT2D eigenvalue weighted by molar-refractivity contribution is 14.1. The number of rotatable bonds is 5. The molecule has 0 amide bonds. The fourth-order valence-corrected chi connectivity index (χ4v) is 2.17. The number of carbonyl (C=O) groups is 1. The predicted molar refractivity (Wildman–Crippen MR) is 71.9 cm³/mol. The van der Waals surface area contributed by atoms with Crippen molar-refractivity contribution < 1.29 is 27.4 Å². The van der Waals surface area contributed by atoms with Crippen LogP contribution in [-0.4, -0.2) is 23.9 Å². The molecule has 0 aliphatic rings. The second-order valence-corrected chi connectivity index (χ2v) is 4.63. The van der Waals surface area contributed by atoms with E-state index in [-0.39, 0.29) is 30.7 Å². The van der Waals surface area contributed by atoms with Crippen LogP contribution in [0.1, 0.15) is 18.1 Å². The van der Waals surface area contributed by atoms with E-state index >= 15 is 0 Å². The van der Waals surface area contributed by atoms with Crippen molar-refractivity contribution >= 4 is 28.6 Å². The quantitative estimate of drug-likeness (QED) is 0.463. The van der Waals surface area contributed by atoms with Crippen LogP contribution in [0.2, 0.25) is 0 Å². The SMILES string of the molecule is CCOC(=O)Cc1c(I)ncc(OC(F)(F)F)c1CN. The van der Waals surface area contributed by atoms with Crippen LogP contribution >= 0.6 is 22.6 Å². The molecular formula is C11H12F3IN2O3. The van der Waals surface area contributed by atoms with Gasteiger partial charge in [-0.3, -0.25) is 4.79 Å². The smallest absolute Gasteiger partial charge is 0.466 e. The molecule has 0 spiro atoms. The number of nitrogens with zero attached hydrogens (tertiary/aromatic N) is 1. The van der Waals surface area contributed by atoms with Crippen molar-refractivity contribution in [2.75, 3.05) is 6.61 Å². The summed E-state index contributed by atoms with van der Waals surface area (Å²) in [6.07, 6.45) is -4.12. The van der Waals surface area contributed by atoms with Crippen LogP contribution in [0.25, 0.3) is 0 Å². The first-order valence-electron chi connectivity index (χ1n) is 5.56. The predicted octanol–water partition coefficient (Wildman–Crippen LogP) is 2.15. The lowest BCUT2D eigenvalue weighted by atomic mass is 10.1. The summed E-state index contributed by atoms with van der Waals surface area (Å²) in [4.78, 5) is 15.3. The van der Waals surface area contributed by atoms with Gasteiger partial charge in [-0.2, -0.15) is 0 Å². The van der Waals surface area contributed by atoms with Crippen LogP contribution in [0.3, 0.4) is 0 Å². The lowest BCUT2D eigenvalue weighted by Crippen LogP contribution is -2.21. The molecule has 0 fully saturated rings. The maximum absolute atomic E-state index is 12.3. The number of alkyl halides is 3. The summed E-state index contributed by atoms with van der Waals surface area (Å²) in [5.74, 6) is -1.06. The standard InChI is InChI=1S/C11H12F3IN2O3/c1-2-19-9(18)3-6-7(4-16)8(5-17-10(6)15)20-11(12,13)14/h5H,2-4,16H2,1H3. The average Bonchev–Trinajstić information content (AvgIpc) is 2.32. The summed E-state index contributed by atoms with van der Waals surface area (Å²) in [7, 11) is 0. The summed E-state index contributed by atoms with van der Waals surface area (Å²) < 4.78 is 45.9. The molecule has 112 valence electrons. The molecule has 1 rings (SSSR count). The lowest BCUT2D eigenvalue weighted by Gasteiger charge is -2.16. The Labute approximate surface area is 126 Å². The third-order valence-corrected chi connectivity index (χ3v) is 3.19. The number of hydrogen-bond acceptors (Lipinski definition) is 5. The molecule has 0 radical (unpaired) electrons. The molecule has 1 aromatic heterocycles. The maximum atomic E-state index is 12.3. The van der Waals surface area contributed by atoms with Crippen molar-refractivity contribution in [3.63, 3.8) is 0 Å². The Bertz CT molecular complexity index is 495. The Kier molecular flexibility index (Phi) is 5.99. The molecule has 0 saturated carbocycles. The molecule has 0 saturated heterocycles. The van der Waals surface area contributed by atoms with E-state index in [1.165, 1.54) is 0 Å². The van der Waals surface area contributed by atoms with Gasteiger partial charge in [0, 0.05) is 17.7 Å². The van der Waals surface area contributed by atoms with Crippen molar-refractivity contribution in [2.24, 2.45) is 5.73 Å². The second kappa shape index (κ2) is 7.07. The summed E-state index contributed by atoms with van der Waals surface area (Å²) >= 11 is 1.81. The van der Waals surface area contributed by atoms with Gasteiger partial charge in [0.15, 0.2) is 5.75 Å². The van der Waals surface area contributed by atoms with Crippen molar-refractivity contribution in [3.05, 3.63) is 21.0 Å². The molecule has 1 aromatic rings. The summed E-state index contributed by atoms with van der Waals surface area (Å²) in [6, 6.07) is 0. The molecule has 0 unspecified atom stereocenters. The van der Waals surface area contributed by atoms with Crippen molar-refractivity contribution in [2.45, 2.75) is 26.3 Å². The second-order valence-electron chi connectivity index (χ2n) is 3.60. The molecule has 0 aromatic carbocycles. The molecule has 0 aliphatic carbocycles. The Morgan fingerprint density at radius 2 is 2.10 bits per heavy atom. The van der Waals surface area contributed by atoms with Gasteiger partial charge in [0.05, 0.1) is 19.2 Å². The number of esters is 1. The number of hydrogen-bond donors (Lipinski definition) is 1. The monoisotopic (exact) mass is 404 g/mol. The van der Waals surface area contributed by atoms with Crippen LogP contribution < -0.4 is 10.5 Å².